The number of alkyl halides is 3. The van der Waals surface area contributed by atoms with Gasteiger partial charge in [0.2, 0.25) is 0 Å². The summed E-state index contributed by atoms with van der Waals surface area (Å²) in [5.74, 6) is 0.293. The summed E-state index contributed by atoms with van der Waals surface area (Å²) >= 11 is 0. The van der Waals surface area contributed by atoms with Crippen molar-refractivity contribution >= 4 is 11.6 Å². The second kappa shape index (κ2) is 7.61. The van der Waals surface area contributed by atoms with Gasteiger partial charge in [-0.25, -0.2) is 0 Å². The third-order valence-electron chi connectivity index (χ3n) is 7.79. The maximum absolute atomic E-state index is 13.9. The zero-order chi connectivity index (χ0) is 23.4. The normalized spacial score (nSPS) is 28.4. The van der Waals surface area contributed by atoms with Crippen LogP contribution in [0.2, 0.25) is 0 Å². The molecule has 33 heavy (non-hydrogen) atoms. The van der Waals surface area contributed by atoms with Crippen LogP contribution >= 0.6 is 0 Å². The van der Waals surface area contributed by atoms with Crippen molar-refractivity contribution in [3.8, 4) is 0 Å². The van der Waals surface area contributed by atoms with Crippen LogP contribution in [0.4, 0.5) is 18.9 Å². The fourth-order valence-electron chi connectivity index (χ4n) is 6.08. The lowest BCUT2D eigenvalue weighted by atomic mass is 9.57. The Kier molecular flexibility index (Phi) is 5.07. The van der Waals surface area contributed by atoms with E-state index >= 15 is 0 Å². The number of carbonyl (C=O) groups is 1. The van der Waals surface area contributed by atoms with E-state index in [1.54, 1.807) is 36.5 Å². The molecule has 1 saturated carbocycles. The zero-order valence-electron chi connectivity index (χ0n) is 18.6. The zero-order valence-corrected chi connectivity index (χ0v) is 18.6. The van der Waals surface area contributed by atoms with Gasteiger partial charge in [-0.1, -0.05) is 12.6 Å². The minimum absolute atomic E-state index is 0.133. The number of rotatable bonds is 3. The fourth-order valence-corrected chi connectivity index (χ4v) is 6.08. The molecule has 1 aromatic carbocycles. The Morgan fingerprint density at radius 2 is 2.09 bits per heavy atom. The molecule has 1 amide bonds. The molecule has 0 bridgehead atoms. The monoisotopic (exact) mass is 456 g/mol. The molecule has 3 atom stereocenters. The highest BCUT2D eigenvalue weighted by Crippen LogP contribution is 2.62. The number of fused-ring (bicyclic) bond motifs is 3. The highest BCUT2D eigenvalue weighted by molar-refractivity contribution is 6.04. The SMILES string of the molecule is C=C1O[C@@]12CC[C@@]1(CC(F)(F)F)c3ccc(C(=O)Nc4cccnc4C)cc3CCC[C@H]1C2. The Hall–Kier alpha value is -2.83. The number of amides is 1. The van der Waals surface area contributed by atoms with Gasteiger partial charge in [0.1, 0.15) is 5.76 Å². The van der Waals surface area contributed by atoms with Crippen LogP contribution in [-0.4, -0.2) is 22.7 Å². The lowest BCUT2D eigenvalue weighted by molar-refractivity contribution is -0.158. The number of pyridine rings is 1. The minimum atomic E-state index is -4.28. The van der Waals surface area contributed by atoms with E-state index in [1.807, 2.05) is 6.92 Å². The molecule has 1 spiro atoms. The van der Waals surface area contributed by atoms with Gasteiger partial charge in [-0.2, -0.15) is 13.2 Å². The van der Waals surface area contributed by atoms with E-state index in [4.69, 9.17) is 4.74 Å². The number of nitrogens with one attached hydrogen (secondary N) is 1. The van der Waals surface area contributed by atoms with E-state index in [9.17, 15) is 18.0 Å². The van der Waals surface area contributed by atoms with Gasteiger partial charge in [0, 0.05) is 17.2 Å². The molecule has 4 nitrogen and oxygen atoms in total. The first-order valence-electron chi connectivity index (χ1n) is 11.4. The minimum Gasteiger partial charge on any atom is -0.480 e. The van der Waals surface area contributed by atoms with Gasteiger partial charge in [-0.05, 0) is 86.8 Å². The lowest BCUT2D eigenvalue weighted by Gasteiger charge is -2.46. The molecule has 1 saturated heterocycles. The van der Waals surface area contributed by atoms with Crippen LogP contribution in [0.5, 0.6) is 0 Å². The molecule has 0 radical (unpaired) electrons. The molecule has 3 aliphatic rings. The summed E-state index contributed by atoms with van der Waals surface area (Å²) in [6.07, 6.45) is 0.230. The van der Waals surface area contributed by atoms with E-state index in [-0.39, 0.29) is 11.8 Å². The van der Waals surface area contributed by atoms with Gasteiger partial charge in [0.05, 0.1) is 17.8 Å². The van der Waals surface area contributed by atoms with Gasteiger partial charge < -0.3 is 10.1 Å². The van der Waals surface area contributed by atoms with Gasteiger partial charge >= 0.3 is 6.18 Å². The van der Waals surface area contributed by atoms with Gasteiger partial charge in [0.25, 0.3) is 5.91 Å². The van der Waals surface area contributed by atoms with Crippen LogP contribution in [0, 0.1) is 12.8 Å². The molecule has 2 aromatic rings. The van der Waals surface area contributed by atoms with Crippen molar-refractivity contribution in [3.63, 3.8) is 0 Å². The molecule has 1 aromatic heterocycles. The average Bonchev–Trinajstić information content (AvgIpc) is 3.42. The maximum Gasteiger partial charge on any atom is 0.389 e. The van der Waals surface area contributed by atoms with Crippen LogP contribution in [0.3, 0.4) is 0 Å². The van der Waals surface area contributed by atoms with Crippen LogP contribution in [-0.2, 0) is 16.6 Å². The van der Waals surface area contributed by atoms with E-state index in [2.05, 4.69) is 16.9 Å². The first-order chi connectivity index (χ1) is 15.6. The van der Waals surface area contributed by atoms with Crippen molar-refractivity contribution in [1.82, 2.24) is 4.98 Å². The van der Waals surface area contributed by atoms with Crippen LogP contribution in [0.15, 0.2) is 48.9 Å². The third kappa shape index (κ3) is 3.91. The third-order valence-corrected chi connectivity index (χ3v) is 7.79. The van der Waals surface area contributed by atoms with Crippen molar-refractivity contribution < 1.29 is 22.7 Å². The van der Waals surface area contributed by atoms with Crippen molar-refractivity contribution in [2.75, 3.05) is 5.32 Å². The molecule has 5 rings (SSSR count). The second-order valence-electron chi connectivity index (χ2n) is 9.72. The summed E-state index contributed by atoms with van der Waals surface area (Å²) in [6, 6.07) is 8.74. The molecule has 2 fully saturated rings. The average molecular weight is 457 g/mol. The van der Waals surface area contributed by atoms with Gasteiger partial charge in [0.15, 0.2) is 5.60 Å². The molecule has 174 valence electrons. The summed E-state index contributed by atoms with van der Waals surface area (Å²) < 4.78 is 47.3. The Morgan fingerprint density at radius 3 is 2.79 bits per heavy atom. The Labute approximate surface area is 191 Å². The number of anilines is 1. The molecule has 0 unspecified atom stereocenters. The van der Waals surface area contributed by atoms with Crippen molar-refractivity contribution in [1.29, 1.82) is 0 Å². The quantitative estimate of drug-likeness (QED) is 0.556. The molecule has 2 heterocycles. The first kappa shape index (κ1) is 22.0. The number of halogens is 3. The van der Waals surface area contributed by atoms with Gasteiger partial charge in [-0.15, -0.1) is 0 Å². The number of benzene rings is 1. The fraction of sp³-hybridized carbons (Fsp3) is 0.462. The molecule has 1 aliphatic heterocycles. The Morgan fingerprint density at radius 1 is 1.30 bits per heavy atom. The number of aryl methyl sites for hydroxylation is 2. The smallest absolute Gasteiger partial charge is 0.389 e. The van der Waals surface area contributed by atoms with E-state index in [0.717, 1.165) is 17.5 Å². The summed E-state index contributed by atoms with van der Waals surface area (Å²) in [5.41, 5.74) is 1.95. The predicted molar refractivity (Wildman–Crippen MR) is 119 cm³/mol. The van der Waals surface area contributed by atoms with Crippen LogP contribution in [0.25, 0.3) is 0 Å². The molecule has 2 aliphatic carbocycles. The summed E-state index contributed by atoms with van der Waals surface area (Å²) in [4.78, 5) is 17.1. The number of epoxide rings is 1. The highest BCUT2D eigenvalue weighted by atomic mass is 19.4. The lowest BCUT2D eigenvalue weighted by Crippen LogP contribution is -2.46. The van der Waals surface area contributed by atoms with E-state index < -0.39 is 23.6 Å². The Balaban J connectivity index is 1.50. The highest BCUT2D eigenvalue weighted by Gasteiger charge is 2.62. The standard InChI is InChI=1S/C26H27F3N2O2/c1-16-22(7-4-12-30-16)31-23(32)19-8-9-21-18(13-19)5-3-6-20-14-25(17(2)33-25)11-10-24(20,21)15-26(27,28)29/h4,7-9,12-13,20H,2-3,5-6,10-11,14-15H2,1H3,(H,31,32)/t20-,24-,25+/m0/s1. The number of hydrogen-bond acceptors (Lipinski definition) is 3. The Bertz CT molecular complexity index is 1130. The summed E-state index contributed by atoms with van der Waals surface area (Å²) in [7, 11) is 0. The van der Waals surface area contributed by atoms with E-state index in [0.29, 0.717) is 54.8 Å². The number of carbonyl (C=O) groups excluding carboxylic acids is 1. The van der Waals surface area contributed by atoms with Crippen molar-refractivity contribution in [2.45, 2.75) is 69.1 Å². The van der Waals surface area contributed by atoms with Gasteiger partial charge in [-0.3, -0.25) is 9.78 Å². The van der Waals surface area contributed by atoms with E-state index in [1.165, 1.54) is 0 Å². The van der Waals surface area contributed by atoms with Crippen LogP contribution in [0.1, 0.15) is 65.7 Å². The number of nitrogens with zero attached hydrogens (tertiary/aromatic N) is 1. The number of ether oxygens (including phenoxy) is 1. The van der Waals surface area contributed by atoms with Crippen molar-refractivity contribution in [3.05, 3.63) is 71.3 Å². The largest absolute Gasteiger partial charge is 0.480 e. The first-order valence-corrected chi connectivity index (χ1v) is 11.4. The number of hydrogen-bond donors (Lipinski definition) is 1. The van der Waals surface area contributed by atoms with Crippen LogP contribution < -0.4 is 5.32 Å². The summed E-state index contributed by atoms with van der Waals surface area (Å²) in [6.45, 7) is 5.73. The second-order valence-corrected chi connectivity index (χ2v) is 9.72. The molecular formula is C26H27F3N2O2. The molecule has 1 N–H and O–H groups in total. The molecular weight excluding hydrogens is 429 g/mol. The maximum atomic E-state index is 13.9. The topological polar surface area (TPSA) is 54.5 Å². The predicted octanol–water partition coefficient (Wildman–Crippen LogP) is 6.25. The van der Waals surface area contributed by atoms with Crippen molar-refractivity contribution in [2.24, 2.45) is 5.92 Å². The number of aromatic nitrogens is 1. The molecule has 7 heteroatoms. The summed E-state index contributed by atoms with van der Waals surface area (Å²) in [5, 5.41) is 2.87.